The van der Waals surface area contributed by atoms with Crippen LogP contribution in [0.25, 0.3) is 11.2 Å². The normalized spacial score (nSPS) is 23.0. The molecule has 0 spiro atoms. The highest BCUT2D eigenvalue weighted by Gasteiger charge is 2.35. The number of aliphatic carboxylic acids is 1. The van der Waals surface area contributed by atoms with Crippen molar-refractivity contribution < 1.29 is 29.6 Å². The van der Waals surface area contributed by atoms with Gasteiger partial charge in [0.15, 0.2) is 17.0 Å². The van der Waals surface area contributed by atoms with Crippen molar-refractivity contribution in [3.8, 4) is 0 Å². The van der Waals surface area contributed by atoms with Gasteiger partial charge in [0.25, 0.3) is 0 Å². The Morgan fingerprint density at radius 3 is 2.80 bits per heavy atom. The molecule has 134 valence electrons. The van der Waals surface area contributed by atoms with E-state index in [1.165, 1.54) is 12.7 Å². The van der Waals surface area contributed by atoms with Crippen LogP contribution < -0.4 is 5.32 Å². The molecule has 2 aromatic heterocycles. The van der Waals surface area contributed by atoms with Crippen LogP contribution in [0.5, 0.6) is 0 Å². The quantitative estimate of drug-likeness (QED) is 0.526. The van der Waals surface area contributed by atoms with E-state index in [0.717, 1.165) is 0 Å². The van der Waals surface area contributed by atoms with Crippen molar-refractivity contribution in [3.63, 3.8) is 0 Å². The van der Waals surface area contributed by atoms with Crippen LogP contribution in [0.2, 0.25) is 0 Å². The van der Waals surface area contributed by atoms with Gasteiger partial charge in [-0.2, -0.15) is 0 Å². The first kappa shape index (κ1) is 17.2. The van der Waals surface area contributed by atoms with Gasteiger partial charge in [-0.3, -0.25) is 14.2 Å². The van der Waals surface area contributed by atoms with Crippen molar-refractivity contribution in [2.45, 2.75) is 37.7 Å². The Labute approximate surface area is 141 Å². The highest BCUT2D eigenvalue weighted by molar-refractivity contribution is 5.97. The third-order valence-electron chi connectivity index (χ3n) is 3.88. The van der Waals surface area contributed by atoms with Gasteiger partial charge in [0.2, 0.25) is 5.91 Å². The van der Waals surface area contributed by atoms with E-state index in [2.05, 4.69) is 20.3 Å². The topological polar surface area (TPSA) is 160 Å². The van der Waals surface area contributed by atoms with Crippen molar-refractivity contribution in [1.82, 2.24) is 19.5 Å². The summed E-state index contributed by atoms with van der Waals surface area (Å²) in [5.74, 6) is -1.40. The van der Waals surface area contributed by atoms with Gasteiger partial charge in [-0.25, -0.2) is 15.0 Å². The molecule has 1 saturated heterocycles. The lowest BCUT2D eigenvalue weighted by molar-refractivity contribution is -0.138. The van der Waals surface area contributed by atoms with Crippen LogP contribution in [-0.2, 0) is 14.3 Å². The van der Waals surface area contributed by atoms with Crippen molar-refractivity contribution in [2.75, 3.05) is 11.9 Å². The standard InChI is InChI=1S/C14H17N5O6/c20-4-8-7(21)3-10(25-8)19-6-17-12-13(15-5-16-14(12)19)18-9(22)1-2-11(23)24/h5-8,10,20-21H,1-4H2,(H,23,24)(H,15,16,18,22). The zero-order valence-electron chi connectivity index (χ0n) is 13.1. The lowest BCUT2D eigenvalue weighted by Gasteiger charge is -2.13. The molecule has 1 fully saturated rings. The first-order valence-corrected chi connectivity index (χ1v) is 7.63. The summed E-state index contributed by atoms with van der Waals surface area (Å²) >= 11 is 0. The summed E-state index contributed by atoms with van der Waals surface area (Å²) in [6.45, 7) is -0.301. The van der Waals surface area contributed by atoms with E-state index in [4.69, 9.17) is 9.84 Å². The van der Waals surface area contributed by atoms with E-state index in [1.807, 2.05) is 0 Å². The number of nitrogens with one attached hydrogen (secondary N) is 1. The maximum absolute atomic E-state index is 11.8. The van der Waals surface area contributed by atoms with E-state index in [9.17, 15) is 19.8 Å². The number of fused-ring (bicyclic) bond motifs is 1. The average Bonchev–Trinajstić information content (AvgIpc) is 3.16. The second-order valence-electron chi connectivity index (χ2n) is 5.60. The number of aliphatic hydroxyl groups is 2. The summed E-state index contributed by atoms with van der Waals surface area (Å²) in [6, 6.07) is 0. The molecule has 25 heavy (non-hydrogen) atoms. The zero-order valence-corrected chi connectivity index (χ0v) is 13.1. The zero-order chi connectivity index (χ0) is 18.0. The number of carbonyl (C=O) groups excluding carboxylic acids is 1. The van der Waals surface area contributed by atoms with Crippen molar-refractivity contribution >= 4 is 28.9 Å². The first-order chi connectivity index (χ1) is 12.0. The molecule has 0 aliphatic carbocycles. The molecule has 2 aromatic rings. The molecule has 3 unspecified atom stereocenters. The number of ether oxygens (including phenoxy) is 1. The van der Waals surface area contributed by atoms with E-state index >= 15 is 0 Å². The van der Waals surface area contributed by atoms with Gasteiger partial charge in [0, 0.05) is 12.8 Å². The number of hydrogen-bond acceptors (Lipinski definition) is 8. The molecular formula is C14H17N5O6. The van der Waals surface area contributed by atoms with Gasteiger partial charge in [-0.05, 0) is 0 Å². The minimum atomic E-state index is -1.07. The minimum absolute atomic E-state index is 0.163. The summed E-state index contributed by atoms with van der Waals surface area (Å²) in [7, 11) is 0. The highest BCUT2D eigenvalue weighted by atomic mass is 16.5. The van der Waals surface area contributed by atoms with Crippen LogP contribution in [0.1, 0.15) is 25.5 Å². The van der Waals surface area contributed by atoms with Crippen molar-refractivity contribution in [2.24, 2.45) is 0 Å². The fourth-order valence-electron chi connectivity index (χ4n) is 2.62. The highest BCUT2D eigenvalue weighted by Crippen LogP contribution is 2.31. The first-order valence-electron chi connectivity index (χ1n) is 7.63. The van der Waals surface area contributed by atoms with E-state index in [1.54, 1.807) is 4.57 Å². The SMILES string of the molecule is O=C(O)CCC(=O)Nc1ncnc2c1ncn2C1CC(O)C(CO)O1. The molecule has 0 aromatic carbocycles. The maximum atomic E-state index is 11.8. The fraction of sp³-hybridized carbons (Fsp3) is 0.500. The van der Waals surface area contributed by atoms with Crippen molar-refractivity contribution in [1.29, 1.82) is 0 Å². The number of rotatable bonds is 6. The molecule has 3 heterocycles. The molecule has 11 heteroatoms. The lowest BCUT2D eigenvalue weighted by Crippen LogP contribution is -2.24. The van der Waals surface area contributed by atoms with Gasteiger partial charge < -0.3 is 25.4 Å². The van der Waals surface area contributed by atoms with E-state index in [-0.39, 0.29) is 31.7 Å². The van der Waals surface area contributed by atoms with Crippen LogP contribution in [0, 0.1) is 0 Å². The number of aliphatic hydroxyl groups excluding tert-OH is 2. The third kappa shape index (κ3) is 3.57. The van der Waals surface area contributed by atoms with Crippen molar-refractivity contribution in [3.05, 3.63) is 12.7 Å². The van der Waals surface area contributed by atoms with Gasteiger partial charge >= 0.3 is 5.97 Å². The average molecular weight is 351 g/mol. The molecule has 1 amide bonds. The van der Waals surface area contributed by atoms with Crippen LogP contribution >= 0.6 is 0 Å². The number of hydrogen-bond donors (Lipinski definition) is 4. The molecule has 1 aliphatic heterocycles. The number of carboxylic acid groups (broad SMARTS) is 1. The summed E-state index contributed by atoms with van der Waals surface area (Å²) < 4.78 is 7.16. The minimum Gasteiger partial charge on any atom is -0.481 e. The number of amides is 1. The molecule has 3 rings (SSSR count). The Balaban J connectivity index is 1.81. The molecular weight excluding hydrogens is 334 g/mol. The van der Waals surface area contributed by atoms with Gasteiger partial charge in [-0.1, -0.05) is 0 Å². The van der Waals surface area contributed by atoms with Gasteiger partial charge in [0.1, 0.15) is 18.7 Å². The second-order valence-corrected chi connectivity index (χ2v) is 5.60. The summed E-state index contributed by atoms with van der Waals surface area (Å²) in [5, 5.41) is 30.2. The van der Waals surface area contributed by atoms with E-state index < -0.39 is 30.3 Å². The number of anilines is 1. The van der Waals surface area contributed by atoms with E-state index in [0.29, 0.717) is 11.2 Å². The van der Waals surface area contributed by atoms with Crippen LogP contribution in [0.15, 0.2) is 12.7 Å². The Hall–Kier alpha value is -2.63. The number of aromatic nitrogens is 4. The molecule has 3 atom stereocenters. The number of carbonyl (C=O) groups is 2. The maximum Gasteiger partial charge on any atom is 0.303 e. The lowest BCUT2D eigenvalue weighted by atomic mass is 10.2. The fourth-order valence-corrected chi connectivity index (χ4v) is 2.62. The predicted molar refractivity (Wildman–Crippen MR) is 82.4 cm³/mol. The van der Waals surface area contributed by atoms with Crippen LogP contribution in [0.4, 0.5) is 5.82 Å². The summed E-state index contributed by atoms with van der Waals surface area (Å²) in [6.07, 6.45) is 0.446. The third-order valence-corrected chi connectivity index (χ3v) is 3.88. The molecule has 11 nitrogen and oxygen atoms in total. The van der Waals surface area contributed by atoms with Crippen LogP contribution in [-0.4, -0.2) is 65.5 Å². The molecule has 4 N–H and O–H groups in total. The molecule has 0 saturated carbocycles. The summed E-state index contributed by atoms with van der Waals surface area (Å²) in [4.78, 5) is 34.6. The molecule has 1 aliphatic rings. The van der Waals surface area contributed by atoms with Gasteiger partial charge in [-0.15, -0.1) is 0 Å². The summed E-state index contributed by atoms with van der Waals surface area (Å²) in [5.41, 5.74) is 0.705. The smallest absolute Gasteiger partial charge is 0.303 e. The molecule has 0 bridgehead atoms. The Morgan fingerprint density at radius 1 is 1.32 bits per heavy atom. The monoisotopic (exact) mass is 351 g/mol. The largest absolute Gasteiger partial charge is 0.481 e. The van der Waals surface area contributed by atoms with Gasteiger partial charge in [0.05, 0.1) is 25.5 Å². The second kappa shape index (κ2) is 7.09. The Morgan fingerprint density at radius 2 is 2.12 bits per heavy atom. The molecule has 0 radical (unpaired) electrons. The Kier molecular flexibility index (Phi) is 4.88. The number of nitrogens with zero attached hydrogens (tertiary/aromatic N) is 4. The van der Waals surface area contributed by atoms with Crippen LogP contribution in [0.3, 0.4) is 0 Å². The Bertz CT molecular complexity index is 793. The predicted octanol–water partition coefficient (Wildman–Crippen LogP) is -0.730. The number of carboxylic acids is 1. The number of imidazole rings is 1.